The van der Waals surface area contributed by atoms with E-state index in [4.69, 9.17) is 101 Å². The van der Waals surface area contributed by atoms with Crippen molar-refractivity contribution in [3.8, 4) is 0 Å². The van der Waals surface area contributed by atoms with E-state index in [9.17, 15) is 95.3 Å². The first-order valence-corrected chi connectivity index (χ1v) is 46.2. The number of nitrogens with zero attached hydrogens (tertiary/aromatic N) is 4. The topological polar surface area (TPSA) is 597 Å². The Bertz CT molecular complexity index is 4410. The lowest BCUT2D eigenvalue weighted by Gasteiger charge is -2.30. The van der Waals surface area contributed by atoms with E-state index < -0.39 is 271 Å². The molecule has 56 heteroatoms. The van der Waals surface area contributed by atoms with Crippen LogP contribution in [0.15, 0.2) is 65.6 Å². The van der Waals surface area contributed by atoms with Gasteiger partial charge < -0.3 is 72.9 Å². The number of halogens is 6. The van der Waals surface area contributed by atoms with Crippen LogP contribution in [0.25, 0.3) is 0 Å². The molecule has 3 saturated heterocycles. The maximum Gasteiger partial charge on any atom is 0.480 e. The molecule has 3 aliphatic heterocycles. The average Bonchev–Trinajstić information content (AvgIpc) is 1.62. The normalized spacial score (nSPS) is 21.9. The lowest BCUT2D eigenvalue weighted by molar-refractivity contribution is -0.166. The van der Waals surface area contributed by atoms with Gasteiger partial charge >= 0.3 is 76.4 Å². The number of phosphoric acid groups is 3. The van der Waals surface area contributed by atoms with Gasteiger partial charge in [-0.1, -0.05) is 49.9 Å². The van der Waals surface area contributed by atoms with Gasteiger partial charge in [-0.25, -0.2) is 68.4 Å². The van der Waals surface area contributed by atoms with E-state index in [-0.39, 0.29) is 36.5 Å². The summed E-state index contributed by atoms with van der Waals surface area (Å²) in [5, 5.41) is 26.8. The maximum absolute atomic E-state index is 15.1. The molecule has 1 radical (unpaired) electrons. The van der Waals surface area contributed by atoms with Gasteiger partial charge in [-0.3, -0.25) is 85.4 Å². The minimum Gasteiger partial charge on any atom is -0.437 e. The predicted molar refractivity (Wildman–Crippen MR) is 487 cm³/mol. The monoisotopic (exact) mass is 2080 g/mol. The second-order valence-electron chi connectivity index (χ2n) is 33.4. The molecule has 0 bridgehead atoms. The number of carbonyl (C=O) groups is 6. The van der Waals surface area contributed by atoms with Gasteiger partial charge in [-0.15, -0.1) is 34.8 Å². The number of ether oxygens (including phenoxy) is 9. The van der Waals surface area contributed by atoms with Crippen LogP contribution in [0.1, 0.15) is 202 Å². The van der Waals surface area contributed by atoms with Crippen molar-refractivity contribution >= 4 is 109 Å². The third-order valence-corrected chi connectivity index (χ3v) is 21.5. The van der Waals surface area contributed by atoms with E-state index in [2.05, 4.69) is 54.4 Å². The maximum atomic E-state index is 15.1. The van der Waals surface area contributed by atoms with E-state index in [0.717, 1.165) is 45.9 Å². The van der Waals surface area contributed by atoms with Gasteiger partial charge in [0, 0.05) is 66.5 Å². The Morgan fingerprint density at radius 3 is 0.985 bits per heavy atom. The van der Waals surface area contributed by atoms with Crippen LogP contribution < -0.4 is 33.7 Å². The highest BCUT2D eigenvalue weighted by molar-refractivity contribution is 7.60. The predicted octanol–water partition coefficient (Wildman–Crippen LogP) is 10.4. The molecule has 3 aliphatic rings. The van der Waals surface area contributed by atoms with Crippen molar-refractivity contribution in [2.75, 3.05) is 112 Å². The number of hydrogen-bond acceptors (Lipinski definition) is 38. The molecular formula is C78H139BCl3F3N7O38P4. The van der Waals surface area contributed by atoms with Crippen molar-refractivity contribution in [1.29, 1.82) is 2.86 Å². The summed E-state index contributed by atoms with van der Waals surface area (Å²) in [7, 11) is -11.2. The molecule has 0 saturated carbocycles. The zero-order chi connectivity index (χ0) is 105. The fourth-order valence-electron chi connectivity index (χ4n) is 8.92. The lowest BCUT2D eigenvalue weighted by atomic mass is 9.98. The van der Waals surface area contributed by atoms with Crippen LogP contribution >= 0.6 is 66.6 Å². The summed E-state index contributed by atoms with van der Waals surface area (Å²) in [5.41, 5.74) is -15.8. The fourth-order valence-corrected chi connectivity index (χ4v) is 12.1. The molecule has 0 aliphatic carbocycles. The van der Waals surface area contributed by atoms with Crippen LogP contribution in [0.4, 0.5) is 13.2 Å². The van der Waals surface area contributed by atoms with E-state index >= 15 is 8.78 Å². The number of aliphatic hydroxyl groups is 4. The second kappa shape index (κ2) is 62.0. The van der Waals surface area contributed by atoms with Crippen molar-refractivity contribution in [2.24, 2.45) is 32.5 Å². The molecule has 45 nitrogen and oxygen atoms in total. The SMILES string of the molecule is C.C.C.CC(C)(C)C(=O)OCOP(=O)(O)OCOC(=O)C(C)(C)C.CC(C)(C)C(=O)OCOP(=O)(OCOC(=O)C(C)(C)C)OC[C@@]1(CCl)O[C@@H](n2ccc(=O)[nH]c2=O)[C@H](F)[C@@H]1O.CCN(CC)CC.C[B]P=O.[2H][C@H]1[C@@H](F)[C@H](n2ccc(=O)[nH]c2=O)O[C@@]1(CO)CCl.[2H][C@H]1[C@@H](F)[C@H](n2ccc(=O)[nH]c2=O)O[C@]1(CCl)COP(=O)(OCOC(=O)C(C)(C)C)OCOC(=O)C(C)(C)C.[3H]OC.[3H]OC. The summed E-state index contributed by atoms with van der Waals surface area (Å²) in [6.07, 6.45) is -13.2. The first-order valence-electron chi connectivity index (χ1n) is 41.2. The van der Waals surface area contributed by atoms with Gasteiger partial charge in [0.2, 0.25) is 50.6 Å². The van der Waals surface area contributed by atoms with E-state index in [1.807, 2.05) is 15.0 Å². The number of aromatic nitrogens is 6. The Balaban J connectivity index is -0.000000552. The minimum absolute atomic E-state index is 0. The molecule has 779 valence electrons. The van der Waals surface area contributed by atoms with Crippen molar-refractivity contribution in [3.63, 3.8) is 0 Å². The Morgan fingerprint density at radius 2 is 0.761 bits per heavy atom. The number of hydrogen-bond donors (Lipinski definition) is 8. The molecule has 3 aromatic rings. The third kappa shape index (κ3) is 47.6. The Morgan fingerprint density at radius 1 is 0.507 bits per heavy atom. The summed E-state index contributed by atoms with van der Waals surface area (Å²) < 4.78 is 206. The Labute approximate surface area is 800 Å². The molecule has 0 amide bonds. The number of aromatic amines is 3. The highest BCUT2D eigenvalue weighted by Gasteiger charge is 2.58. The Hall–Kier alpha value is -6.31. The average molecular weight is 2090 g/mol. The molecule has 0 unspecified atom stereocenters. The fraction of sp³-hybridized carbons (Fsp3) is 0.769. The van der Waals surface area contributed by atoms with Gasteiger partial charge in [-0.05, 0) is 144 Å². The third-order valence-electron chi connectivity index (χ3n) is 16.4. The standard InChI is InChI=1S/C22H33ClFN2O12P.C22H33ClFN2O11P.C12H23O8P.C10H12ClFN2O4.C6H15N.CH3BOP.2CH4O.3CH4/c1-20(2,3)17(29)33-11-36-39(32,37-12-34-18(30)21(4,5)6)35-10-22(9-23)15(28)14(24)16(38-22)26-8-7-13(27)25-19(26)31;1-20(2,3)17(28)32-12-35-38(31,36-13-33-18(29)21(4,5)6)34-11-22(10-23)9-14(24)16(37-22)26-8-7-15(27)25-19(26)30;1-11(2,3)9(13)17-7-19-21(15,16)20-8-18-10(14)12(4,5)6;11-4-10(5-15)3-6(12)8(18-10)14-2-1-7(16)13-9(14)17;1-4-7(5-2)6-3;1-2-4-3;2*1-2;;;/h7-8,14-16,28H,9-12H2,1-6H3,(H,25,27,31);7-8,14,16H,9-13H2,1-6H3,(H,25,27,30);7-8H2,1-6H3,(H,15,16);1-2,6,8,15H,3-5H2,(H,13,16,17);4-6H2,1-3H3;1H3;2*2H,1H3;3*1H4/t14-,15+,16-,22-;14-,16-,22-;;6-,8-,10-;;;;;;;/m11.1......./s1/i;9D;;3D;;;2*2T;;;/t;9-,14+,16+,22+;;3-,6+,8+,10+;;;;;;;/m.0.0........ The molecule has 134 heavy (non-hydrogen) atoms. The summed E-state index contributed by atoms with van der Waals surface area (Å²) in [6.45, 7) is 34.5. The number of nitrogens with one attached hydrogen (secondary N) is 3. The zero-order valence-corrected chi connectivity index (χ0v) is 83.2. The number of alkyl halides is 6. The van der Waals surface area contributed by atoms with Gasteiger partial charge in [0.05, 0.1) is 78.3 Å². The van der Waals surface area contributed by atoms with E-state index in [0.29, 0.717) is 4.57 Å². The van der Waals surface area contributed by atoms with Crippen LogP contribution in [0, 0.1) is 32.5 Å². The number of carbonyl (C=O) groups excluding carboxylic acids is 6. The van der Waals surface area contributed by atoms with Crippen LogP contribution in [-0.2, 0) is 126 Å². The van der Waals surface area contributed by atoms with Gasteiger partial charge in [0.1, 0.15) is 35.3 Å². The molecule has 3 fully saturated rings. The van der Waals surface area contributed by atoms with Crippen molar-refractivity contribution in [1.82, 2.24) is 33.6 Å². The highest BCUT2D eigenvalue weighted by atomic mass is 35.5. The minimum atomic E-state index is -4.74. The van der Waals surface area contributed by atoms with Gasteiger partial charge in [-0.2, -0.15) is 0 Å². The molecule has 8 N–H and O–H groups in total. The summed E-state index contributed by atoms with van der Waals surface area (Å²) >= 11 is 17.6. The van der Waals surface area contributed by atoms with Crippen LogP contribution in [0.2, 0.25) is 6.82 Å². The number of esters is 6. The van der Waals surface area contributed by atoms with E-state index in [1.165, 1.54) is 33.9 Å². The van der Waals surface area contributed by atoms with E-state index in [1.54, 1.807) is 138 Å². The summed E-state index contributed by atoms with van der Waals surface area (Å²) in [4.78, 5) is 158. The van der Waals surface area contributed by atoms with Crippen LogP contribution in [0.3, 0.4) is 0 Å². The molecule has 6 heterocycles. The Kier molecular flexibility index (Phi) is 59.1. The second-order valence-corrected chi connectivity index (χ2v) is 39.7. The quantitative estimate of drug-likeness (QED) is 0.00677. The first-order chi connectivity index (χ1) is 62.0. The molecule has 12 atom stereocenters. The molecule has 3 aromatic heterocycles. The van der Waals surface area contributed by atoms with Gasteiger partial charge in [0.25, 0.3) is 16.7 Å². The molecule has 0 aromatic carbocycles. The summed E-state index contributed by atoms with van der Waals surface area (Å²) in [5.74, 6) is -5.50. The number of aliphatic hydroxyl groups excluding tert-OH is 4. The first kappa shape index (κ1) is 128. The van der Waals surface area contributed by atoms with Crippen LogP contribution in [0.5, 0.6) is 0 Å². The largest absolute Gasteiger partial charge is 0.480 e. The zero-order valence-electron chi connectivity index (χ0n) is 81.3. The summed E-state index contributed by atoms with van der Waals surface area (Å²) in [6, 6.07) is 2.94. The number of phosphoric ester groups is 3. The molecular weight excluding hydrogens is 1940 g/mol. The lowest BCUT2D eigenvalue weighted by Crippen LogP contribution is -2.47. The van der Waals surface area contributed by atoms with Crippen molar-refractivity contribution in [2.45, 2.75) is 247 Å². The van der Waals surface area contributed by atoms with Crippen molar-refractivity contribution < 1.29 is 167 Å². The molecule has 6 rings (SSSR count). The van der Waals surface area contributed by atoms with Crippen molar-refractivity contribution in [3.05, 3.63) is 99.3 Å². The smallest absolute Gasteiger partial charge is 0.437 e. The highest BCUT2D eigenvalue weighted by Crippen LogP contribution is 2.54. The molecule has 0 spiro atoms. The number of rotatable bonds is 35. The number of H-pyrrole nitrogens is 3. The van der Waals surface area contributed by atoms with Gasteiger partial charge in [0.15, 0.2) is 24.9 Å². The van der Waals surface area contributed by atoms with Crippen LogP contribution in [-0.4, -0.2) is 258 Å².